The highest BCUT2D eigenvalue weighted by molar-refractivity contribution is 6.37. The van der Waals surface area contributed by atoms with E-state index in [-0.39, 0.29) is 33.3 Å². The fourth-order valence-corrected chi connectivity index (χ4v) is 4.18. The van der Waals surface area contributed by atoms with Crippen molar-refractivity contribution in [3.8, 4) is 22.6 Å². The molecule has 10 heteroatoms. The van der Waals surface area contributed by atoms with Crippen LogP contribution in [-0.2, 0) is 7.05 Å². The molecule has 3 aromatic rings. The van der Waals surface area contributed by atoms with Gasteiger partial charge in [-0.15, -0.1) is 0 Å². The molecule has 31 heavy (non-hydrogen) atoms. The van der Waals surface area contributed by atoms with E-state index in [9.17, 15) is 4.39 Å². The van der Waals surface area contributed by atoms with Crippen molar-refractivity contribution >= 4 is 29.0 Å². The Morgan fingerprint density at radius 2 is 2.03 bits per heavy atom. The molecule has 0 spiro atoms. The van der Waals surface area contributed by atoms with Gasteiger partial charge in [-0.3, -0.25) is 4.68 Å². The summed E-state index contributed by atoms with van der Waals surface area (Å²) in [6, 6.07) is 2.96. The number of pyridine rings is 1. The predicted molar refractivity (Wildman–Crippen MR) is 118 cm³/mol. The van der Waals surface area contributed by atoms with E-state index in [1.54, 1.807) is 30.1 Å². The van der Waals surface area contributed by atoms with Crippen LogP contribution < -0.4 is 20.5 Å². The van der Waals surface area contributed by atoms with E-state index in [0.717, 1.165) is 24.1 Å². The molecule has 3 heterocycles. The summed E-state index contributed by atoms with van der Waals surface area (Å²) in [6.07, 6.45) is 5.20. The Labute approximate surface area is 189 Å². The predicted octanol–water partition coefficient (Wildman–Crippen LogP) is 4.39. The van der Waals surface area contributed by atoms with Gasteiger partial charge in [0.15, 0.2) is 11.6 Å². The fraction of sp³-hybridized carbons (Fsp3) is 0.333. The summed E-state index contributed by atoms with van der Waals surface area (Å²) in [5.41, 5.74) is 7.94. The zero-order valence-corrected chi connectivity index (χ0v) is 18.5. The fourth-order valence-electron chi connectivity index (χ4n) is 3.48. The summed E-state index contributed by atoms with van der Waals surface area (Å²) in [5, 5.41) is 7.44. The number of benzene rings is 1. The lowest BCUT2D eigenvalue weighted by Gasteiger charge is -2.22. The van der Waals surface area contributed by atoms with Crippen LogP contribution in [0.15, 0.2) is 30.7 Å². The third-order valence-corrected chi connectivity index (χ3v) is 5.87. The van der Waals surface area contributed by atoms with Crippen LogP contribution >= 0.6 is 23.2 Å². The Balaban J connectivity index is 1.64. The van der Waals surface area contributed by atoms with Crippen molar-refractivity contribution in [2.45, 2.75) is 25.6 Å². The van der Waals surface area contributed by atoms with Crippen LogP contribution in [0.5, 0.6) is 11.5 Å². The van der Waals surface area contributed by atoms with Crippen molar-refractivity contribution in [3.63, 3.8) is 0 Å². The minimum Gasteiger partial charge on any atom is -0.487 e. The van der Waals surface area contributed by atoms with Gasteiger partial charge in [-0.05, 0) is 26.0 Å². The molecular formula is C21H22Cl2FN5O2. The van der Waals surface area contributed by atoms with Crippen molar-refractivity contribution in [1.29, 1.82) is 0 Å². The maximum Gasteiger partial charge on any atom is 0.166 e. The van der Waals surface area contributed by atoms with Gasteiger partial charge < -0.3 is 20.5 Å². The molecular weight excluding hydrogens is 444 g/mol. The molecule has 164 valence electrons. The van der Waals surface area contributed by atoms with Crippen LogP contribution in [0.2, 0.25) is 10.0 Å². The Morgan fingerprint density at radius 3 is 2.71 bits per heavy atom. The summed E-state index contributed by atoms with van der Waals surface area (Å²) < 4.78 is 28.2. The number of hydrogen-bond donors (Lipinski definition) is 2. The zero-order valence-electron chi connectivity index (χ0n) is 17.0. The number of hydrogen-bond acceptors (Lipinski definition) is 6. The molecule has 0 bridgehead atoms. The number of rotatable bonds is 6. The van der Waals surface area contributed by atoms with Crippen LogP contribution in [0.4, 0.5) is 10.2 Å². The second kappa shape index (κ2) is 8.90. The minimum absolute atomic E-state index is 0.0850. The Morgan fingerprint density at radius 1 is 1.23 bits per heavy atom. The van der Waals surface area contributed by atoms with Gasteiger partial charge in [-0.2, -0.15) is 5.10 Å². The number of nitrogens with one attached hydrogen (secondary N) is 1. The van der Waals surface area contributed by atoms with Gasteiger partial charge in [-0.1, -0.05) is 23.2 Å². The van der Waals surface area contributed by atoms with E-state index in [1.807, 2.05) is 13.2 Å². The highest BCUT2D eigenvalue weighted by Crippen LogP contribution is 2.42. The van der Waals surface area contributed by atoms with Crippen LogP contribution in [0.25, 0.3) is 11.1 Å². The first kappa shape index (κ1) is 21.7. The van der Waals surface area contributed by atoms with Crippen molar-refractivity contribution < 1.29 is 13.9 Å². The van der Waals surface area contributed by atoms with Crippen LogP contribution in [0, 0.1) is 5.82 Å². The molecule has 0 aliphatic carbocycles. The number of halogens is 3. The maximum absolute atomic E-state index is 14.6. The van der Waals surface area contributed by atoms with Gasteiger partial charge in [0.05, 0.1) is 16.2 Å². The molecule has 0 saturated carbocycles. The smallest absolute Gasteiger partial charge is 0.166 e. The molecule has 1 aromatic carbocycles. The molecule has 3 N–H and O–H groups in total. The number of aromatic nitrogens is 3. The number of nitrogen functional groups attached to an aromatic ring is 1. The number of aryl methyl sites for hydroxylation is 1. The largest absolute Gasteiger partial charge is 0.487 e. The molecule has 1 aliphatic rings. The first-order chi connectivity index (χ1) is 14.8. The molecule has 1 fully saturated rings. The van der Waals surface area contributed by atoms with Crippen LogP contribution in [0.3, 0.4) is 0 Å². The summed E-state index contributed by atoms with van der Waals surface area (Å²) >= 11 is 12.8. The quantitative estimate of drug-likeness (QED) is 0.524. The maximum atomic E-state index is 14.6. The summed E-state index contributed by atoms with van der Waals surface area (Å²) in [6.45, 7) is 3.22. The van der Waals surface area contributed by atoms with Gasteiger partial charge in [0.2, 0.25) is 0 Å². The van der Waals surface area contributed by atoms with Crippen molar-refractivity contribution in [1.82, 2.24) is 20.1 Å². The van der Waals surface area contributed by atoms with E-state index in [0.29, 0.717) is 12.3 Å². The van der Waals surface area contributed by atoms with Gasteiger partial charge in [0, 0.05) is 48.7 Å². The lowest BCUT2D eigenvalue weighted by atomic mass is 10.1. The minimum atomic E-state index is -0.715. The first-order valence-corrected chi connectivity index (χ1v) is 10.5. The van der Waals surface area contributed by atoms with E-state index < -0.39 is 11.9 Å². The van der Waals surface area contributed by atoms with Gasteiger partial charge in [0.25, 0.3) is 0 Å². The lowest BCUT2D eigenvalue weighted by Crippen LogP contribution is -2.20. The topological polar surface area (TPSA) is 87.2 Å². The molecule has 0 amide bonds. The average Bonchev–Trinajstić information content (AvgIpc) is 3.40. The van der Waals surface area contributed by atoms with Crippen molar-refractivity contribution in [3.05, 3.63) is 52.1 Å². The third kappa shape index (κ3) is 4.56. The van der Waals surface area contributed by atoms with Gasteiger partial charge in [0.1, 0.15) is 23.8 Å². The summed E-state index contributed by atoms with van der Waals surface area (Å²) in [7, 11) is 1.82. The first-order valence-electron chi connectivity index (χ1n) is 9.79. The SMILES string of the molecule is CC(Oc1cc(-c2cnn(C)c2)cnc1N)c1c(Cl)c(F)cc(O[C@@H]2CCNC2)c1Cl. The highest BCUT2D eigenvalue weighted by Gasteiger charge is 2.26. The van der Waals surface area contributed by atoms with Crippen LogP contribution in [-0.4, -0.2) is 34.0 Å². The molecule has 1 aliphatic heterocycles. The molecule has 2 atom stereocenters. The second-order valence-corrected chi connectivity index (χ2v) is 8.16. The Hall–Kier alpha value is -2.55. The summed E-state index contributed by atoms with van der Waals surface area (Å²) in [4.78, 5) is 4.20. The molecule has 1 unspecified atom stereocenters. The molecule has 4 rings (SSSR count). The Kier molecular flexibility index (Phi) is 6.22. The zero-order chi connectivity index (χ0) is 22.1. The van der Waals surface area contributed by atoms with Crippen molar-refractivity contribution in [2.24, 2.45) is 7.05 Å². The monoisotopic (exact) mass is 465 g/mol. The molecule has 7 nitrogen and oxygen atoms in total. The number of anilines is 1. The van der Waals surface area contributed by atoms with E-state index in [2.05, 4.69) is 15.4 Å². The highest BCUT2D eigenvalue weighted by atomic mass is 35.5. The van der Waals surface area contributed by atoms with E-state index in [4.69, 9.17) is 38.4 Å². The molecule has 1 saturated heterocycles. The molecule has 0 radical (unpaired) electrons. The summed E-state index contributed by atoms with van der Waals surface area (Å²) in [5.74, 6) is 0.120. The third-order valence-electron chi connectivity index (χ3n) is 5.10. The average molecular weight is 466 g/mol. The number of ether oxygens (including phenoxy) is 2. The standard InChI is InChI=1S/C21H22Cl2FN5O2/c1-11(30-17-5-12(7-27-21(17)25)13-8-28-29(2)10-13)18-19(22)15(24)6-16(20(18)23)31-14-3-4-26-9-14/h5-8,10-11,14,26H,3-4,9H2,1-2H3,(H2,25,27)/t11?,14-/m1/s1. The van der Waals surface area contributed by atoms with Crippen molar-refractivity contribution in [2.75, 3.05) is 18.8 Å². The number of nitrogens with two attached hydrogens (primary N) is 1. The van der Waals surface area contributed by atoms with Gasteiger partial charge >= 0.3 is 0 Å². The van der Waals surface area contributed by atoms with Crippen LogP contribution in [0.1, 0.15) is 25.0 Å². The molecule has 2 aromatic heterocycles. The second-order valence-electron chi connectivity index (χ2n) is 7.40. The van der Waals surface area contributed by atoms with E-state index in [1.165, 1.54) is 6.07 Å². The van der Waals surface area contributed by atoms with E-state index >= 15 is 0 Å². The Bertz CT molecular complexity index is 1100. The number of nitrogens with zero attached hydrogens (tertiary/aromatic N) is 3. The normalized spacial score (nSPS) is 17.0. The van der Waals surface area contributed by atoms with Gasteiger partial charge in [-0.25, -0.2) is 9.37 Å². The lowest BCUT2D eigenvalue weighted by molar-refractivity contribution is 0.214.